The van der Waals surface area contributed by atoms with Crippen LogP contribution in [0.1, 0.15) is 18.1 Å². The van der Waals surface area contributed by atoms with Crippen molar-refractivity contribution < 1.29 is 4.39 Å². The molecule has 0 aliphatic heterocycles. The summed E-state index contributed by atoms with van der Waals surface area (Å²) in [4.78, 5) is 0. The van der Waals surface area contributed by atoms with Gasteiger partial charge in [-0.25, -0.2) is 4.39 Å². The molecule has 1 atom stereocenters. The molecule has 0 fully saturated rings. The Morgan fingerprint density at radius 3 is 2.50 bits per heavy atom. The van der Waals surface area contributed by atoms with E-state index in [-0.39, 0.29) is 5.82 Å². The molecular weight excluding hydrogens is 251 g/mol. The van der Waals surface area contributed by atoms with Crippen molar-refractivity contribution >= 4 is 5.69 Å². The Labute approximate surface area is 118 Å². The summed E-state index contributed by atoms with van der Waals surface area (Å²) in [5, 5.41) is 12.6. The van der Waals surface area contributed by atoms with Crippen molar-refractivity contribution in [2.75, 3.05) is 5.32 Å². The monoisotopic (exact) mass is 268 g/mol. The van der Waals surface area contributed by atoms with Crippen molar-refractivity contribution in [2.24, 2.45) is 0 Å². The topological polar surface area (TPSA) is 35.8 Å². The van der Waals surface area contributed by atoms with Crippen molar-refractivity contribution in [1.82, 2.24) is 0 Å². The summed E-state index contributed by atoms with van der Waals surface area (Å²) in [6.07, 6.45) is 0.555. The fourth-order valence-electron chi connectivity index (χ4n) is 2.24. The highest BCUT2D eigenvalue weighted by atomic mass is 19.1. The highest BCUT2D eigenvalue weighted by molar-refractivity contribution is 5.50. The number of anilines is 1. The van der Waals surface area contributed by atoms with Gasteiger partial charge in [0.15, 0.2) is 0 Å². The minimum atomic E-state index is -0.776. The number of nitrogens with zero attached hydrogens (tertiary/aromatic N) is 1. The number of hydrogen-bond acceptors (Lipinski definition) is 2. The highest BCUT2D eigenvalue weighted by Gasteiger charge is 2.24. The molecule has 0 heterocycles. The number of benzene rings is 2. The average molecular weight is 268 g/mol. The molecule has 0 aliphatic rings. The van der Waals surface area contributed by atoms with Crippen LogP contribution in [0.15, 0.2) is 48.5 Å². The normalized spacial score (nSPS) is 13.3. The highest BCUT2D eigenvalue weighted by Crippen LogP contribution is 2.21. The van der Waals surface area contributed by atoms with Crippen LogP contribution in [0.2, 0.25) is 0 Å². The molecule has 0 aliphatic carbocycles. The van der Waals surface area contributed by atoms with Gasteiger partial charge in [0.25, 0.3) is 0 Å². The zero-order valence-corrected chi connectivity index (χ0v) is 11.7. The number of aryl methyl sites for hydroxylation is 1. The molecule has 3 heteroatoms. The Kier molecular flexibility index (Phi) is 4.05. The van der Waals surface area contributed by atoms with Crippen LogP contribution < -0.4 is 5.32 Å². The zero-order valence-electron chi connectivity index (χ0n) is 11.7. The minimum absolute atomic E-state index is 0.299. The van der Waals surface area contributed by atoms with Gasteiger partial charge in [0.1, 0.15) is 11.4 Å². The van der Waals surface area contributed by atoms with E-state index < -0.39 is 5.54 Å². The van der Waals surface area contributed by atoms with Gasteiger partial charge < -0.3 is 5.32 Å². The molecule has 102 valence electrons. The first-order valence-corrected chi connectivity index (χ1v) is 6.51. The van der Waals surface area contributed by atoms with Gasteiger partial charge in [-0.2, -0.15) is 5.26 Å². The van der Waals surface area contributed by atoms with Crippen LogP contribution >= 0.6 is 0 Å². The van der Waals surface area contributed by atoms with Crippen LogP contribution in [-0.2, 0) is 6.42 Å². The van der Waals surface area contributed by atoms with Crippen molar-refractivity contribution in [3.8, 4) is 6.07 Å². The van der Waals surface area contributed by atoms with E-state index in [1.807, 2.05) is 50.2 Å². The lowest BCUT2D eigenvalue weighted by Gasteiger charge is -2.25. The molecule has 0 saturated heterocycles. The fourth-order valence-corrected chi connectivity index (χ4v) is 2.24. The first-order valence-electron chi connectivity index (χ1n) is 6.51. The van der Waals surface area contributed by atoms with Crippen molar-refractivity contribution in [3.05, 3.63) is 65.5 Å². The second-order valence-electron chi connectivity index (χ2n) is 5.25. The lowest BCUT2D eigenvalue weighted by molar-refractivity contribution is 0.621. The third-order valence-corrected chi connectivity index (χ3v) is 3.11. The van der Waals surface area contributed by atoms with Crippen LogP contribution in [0.4, 0.5) is 10.1 Å². The second kappa shape index (κ2) is 5.75. The summed E-state index contributed by atoms with van der Waals surface area (Å²) in [5.41, 5.74) is 1.74. The number of rotatable bonds is 4. The average Bonchev–Trinajstić information content (AvgIpc) is 2.38. The molecule has 20 heavy (non-hydrogen) atoms. The van der Waals surface area contributed by atoms with E-state index in [4.69, 9.17) is 0 Å². The maximum atomic E-state index is 13.4. The first-order chi connectivity index (χ1) is 9.50. The Morgan fingerprint density at radius 2 is 1.90 bits per heavy atom. The number of nitriles is 1. The predicted molar refractivity (Wildman–Crippen MR) is 78.9 cm³/mol. The Morgan fingerprint density at radius 1 is 1.20 bits per heavy atom. The van der Waals surface area contributed by atoms with E-state index in [0.29, 0.717) is 12.1 Å². The van der Waals surface area contributed by atoms with Crippen molar-refractivity contribution in [3.63, 3.8) is 0 Å². The van der Waals surface area contributed by atoms with E-state index in [1.54, 1.807) is 0 Å². The van der Waals surface area contributed by atoms with Gasteiger partial charge in [-0.1, -0.05) is 30.3 Å². The molecule has 0 saturated carbocycles. The van der Waals surface area contributed by atoms with Gasteiger partial charge in [0, 0.05) is 12.1 Å². The summed E-state index contributed by atoms with van der Waals surface area (Å²) in [6.45, 7) is 3.65. The van der Waals surface area contributed by atoms with Crippen LogP contribution in [0.3, 0.4) is 0 Å². The lowest BCUT2D eigenvalue weighted by atomic mass is 9.94. The van der Waals surface area contributed by atoms with Gasteiger partial charge in [0.2, 0.25) is 0 Å². The standard InChI is InChI=1S/C17H17FN2/c1-13-8-15(18)10-16(9-13)20-17(2,12-19)11-14-6-4-3-5-7-14/h3-10,20H,11H2,1-2H3. The first kappa shape index (κ1) is 14.1. The Hall–Kier alpha value is -2.34. The van der Waals surface area contributed by atoms with Crippen LogP contribution in [0.25, 0.3) is 0 Å². The molecule has 2 aromatic rings. The fraction of sp³-hybridized carbons (Fsp3) is 0.235. The maximum Gasteiger partial charge on any atom is 0.126 e. The summed E-state index contributed by atoms with van der Waals surface area (Å²) in [7, 11) is 0. The van der Waals surface area contributed by atoms with Gasteiger partial charge in [-0.3, -0.25) is 0 Å². The maximum absolute atomic E-state index is 13.4. The molecule has 1 N–H and O–H groups in total. The largest absolute Gasteiger partial charge is 0.367 e. The number of nitrogens with one attached hydrogen (secondary N) is 1. The summed E-state index contributed by atoms with van der Waals surface area (Å²) < 4.78 is 13.4. The number of hydrogen-bond donors (Lipinski definition) is 1. The SMILES string of the molecule is Cc1cc(F)cc(NC(C)(C#N)Cc2ccccc2)c1. The molecular formula is C17H17FN2. The van der Waals surface area contributed by atoms with Crippen LogP contribution in [0.5, 0.6) is 0 Å². The molecule has 0 aromatic heterocycles. The molecule has 0 bridgehead atoms. The van der Waals surface area contributed by atoms with E-state index in [1.165, 1.54) is 12.1 Å². The van der Waals surface area contributed by atoms with Crippen LogP contribution in [-0.4, -0.2) is 5.54 Å². The molecule has 2 nitrogen and oxygen atoms in total. The van der Waals surface area contributed by atoms with E-state index in [9.17, 15) is 9.65 Å². The van der Waals surface area contributed by atoms with E-state index in [2.05, 4.69) is 11.4 Å². The Bertz CT molecular complexity index is 611. The molecule has 1 unspecified atom stereocenters. The molecule has 0 radical (unpaired) electrons. The predicted octanol–water partition coefficient (Wildman–Crippen LogP) is 4.07. The smallest absolute Gasteiger partial charge is 0.126 e. The lowest BCUT2D eigenvalue weighted by Crippen LogP contribution is -2.35. The minimum Gasteiger partial charge on any atom is -0.367 e. The molecule has 0 spiro atoms. The summed E-state index contributed by atoms with van der Waals surface area (Å²) in [5.74, 6) is -0.299. The number of halogens is 1. The quantitative estimate of drug-likeness (QED) is 0.907. The van der Waals surface area contributed by atoms with Crippen molar-refractivity contribution in [1.29, 1.82) is 5.26 Å². The zero-order chi connectivity index (χ0) is 14.6. The Balaban J connectivity index is 2.21. The molecule has 2 rings (SSSR count). The molecule has 0 amide bonds. The van der Waals surface area contributed by atoms with Crippen LogP contribution in [0, 0.1) is 24.1 Å². The summed E-state index contributed by atoms with van der Waals surface area (Å²) in [6, 6.07) is 16.8. The van der Waals surface area contributed by atoms with Gasteiger partial charge in [-0.15, -0.1) is 0 Å². The van der Waals surface area contributed by atoms with Gasteiger partial charge in [-0.05, 0) is 43.2 Å². The molecule has 2 aromatic carbocycles. The van der Waals surface area contributed by atoms with E-state index in [0.717, 1.165) is 11.1 Å². The third kappa shape index (κ3) is 3.58. The van der Waals surface area contributed by atoms with Gasteiger partial charge >= 0.3 is 0 Å². The van der Waals surface area contributed by atoms with E-state index >= 15 is 0 Å². The summed E-state index contributed by atoms with van der Waals surface area (Å²) >= 11 is 0. The second-order valence-corrected chi connectivity index (χ2v) is 5.25. The van der Waals surface area contributed by atoms with Gasteiger partial charge in [0.05, 0.1) is 6.07 Å². The van der Waals surface area contributed by atoms with Crippen molar-refractivity contribution in [2.45, 2.75) is 25.8 Å². The third-order valence-electron chi connectivity index (χ3n) is 3.11.